The maximum atomic E-state index is 12.4. The predicted octanol–water partition coefficient (Wildman–Crippen LogP) is 5.23. The molecule has 0 spiro atoms. The summed E-state index contributed by atoms with van der Waals surface area (Å²) in [5.74, 6) is -0.354. The zero-order chi connectivity index (χ0) is 15.7. The molecule has 0 unspecified atom stereocenters. The molecule has 0 aliphatic carbocycles. The largest absolute Gasteiger partial charge is 0.298 e. The van der Waals surface area contributed by atoms with Gasteiger partial charge in [-0.3, -0.25) is 9.59 Å². The lowest BCUT2D eigenvalue weighted by atomic mass is 10.2. The van der Waals surface area contributed by atoms with Gasteiger partial charge in [0.15, 0.2) is 0 Å². The molecule has 0 bridgehead atoms. The van der Waals surface area contributed by atoms with Crippen molar-refractivity contribution in [2.75, 3.05) is 4.90 Å². The third-order valence-corrected chi connectivity index (χ3v) is 4.49. The summed E-state index contributed by atoms with van der Waals surface area (Å²) in [4.78, 5) is 26.0. The maximum Gasteiger partial charge on any atom is 0.298 e. The van der Waals surface area contributed by atoms with Crippen LogP contribution >= 0.6 is 35.0 Å². The first kappa shape index (κ1) is 15.2. The number of anilines is 1. The number of imide groups is 1. The van der Waals surface area contributed by atoms with Gasteiger partial charge < -0.3 is 0 Å². The fourth-order valence-electron chi connectivity index (χ4n) is 2.03. The summed E-state index contributed by atoms with van der Waals surface area (Å²) in [5.41, 5.74) is 1.19. The number of para-hydroxylation sites is 1. The number of carbonyl (C=O) groups excluding carboxylic acids is 2. The van der Waals surface area contributed by atoms with Gasteiger partial charge in [-0.1, -0.05) is 47.5 Å². The standard InChI is InChI=1S/C16H9Cl2NO2S/c17-11-7-6-10(13(18)9-11)8-14-15(20)19(16(21)22-14)12-4-2-1-3-5-12/h1-9H/b14-8-. The van der Waals surface area contributed by atoms with Crippen molar-refractivity contribution in [3.05, 3.63) is 69.0 Å². The summed E-state index contributed by atoms with van der Waals surface area (Å²) in [6.07, 6.45) is 1.60. The van der Waals surface area contributed by atoms with Gasteiger partial charge in [-0.2, -0.15) is 0 Å². The van der Waals surface area contributed by atoms with Crippen molar-refractivity contribution in [1.82, 2.24) is 0 Å². The van der Waals surface area contributed by atoms with Gasteiger partial charge in [0.25, 0.3) is 11.1 Å². The number of rotatable bonds is 2. The van der Waals surface area contributed by atoms with E-state index in [0.717, 1.165) is 16.7 Å². The van der Waals surface area contributed by atoms with Crippen molar-refractivity contribution in [2.45, 2.75) is 0 Å². The van der Waals surface area contributed by atoms with Crippen LogP contribution in [-0.2, 0) is 4.79 Å². The minimum Gasteiger partial charge on any atom is -0.268 e. The highest BCUT2D eigenvalue weighted by molar-refractivity contribution is 8.19. The number of hydrogen-bond acceptors (Lipinski definition) is 3. The normalized spacial score (nSPS) is 16.6. The number of halogens is 2. The van der Waals surface area contributed by atoms with E-state index in [1.54, 1.807) is 48.5 Å². The van der Waals surface area contributed by atoms with E-state index < -0.39 is 0 Å². The van der Waals surface area contributed by atoms with Gasteiger partial charge in [0.05, 0.1) is 10.6 Å². The van der Waals surface area contributed by atoms with Crippen LogP contribution in [0.2, 0.25) is 10.0 Å². The van der Waals surface area contributed by atoms with Gasteiger partial charge in [0, 0.05) is 10.0 Å². The molecule has 1 aliphatic rings. The van der Waals surface area contributed by atoms with Crippen molar-refractivity contribution in [3.8, 4) is 0 Å². The molecule has 0 N–H and O–H groups in total. The van der Waals surface area contributed by atoms with Gasteiger partial charge in [0.2, 0.25) is 0 Å². The fraction of sp³-hybridized carbons (Fsp3) is 0. The molecule has 2 aromatic carbocycles. The maximum absolute atomic E-state index is 12.4. The van der Waals surface area contributed by atoms with Crippen LogP contribution < -0.4 is 4.90 Å². The average molecular weight is 350 g/mol. The topological polar surface area (TPSA) is 37.4 Å². The molecule has 0 atom stereocenters. The predicted molar refractivity (Wildman–Crippen MR) is 91.4 cm³/mol. The highest BCUT2D eigenvalue weighted by atomic mass is 35.5. The fourth-order valence-corrected chi connectivity index (χ4v) is 3.32. The van der Waals surface area contributed by atoms with Gasteiger partial charge in [-0.25, -0.2) is 4.90 Å². The Bertz CT molecular complexity index is 790. The minimum atomic E-state index is -0.354. The first-order valence-corrected chi connectivity index (χ1v) is 7.91. The van der Waals surface area contributed by atoms with E-state index in [-0.39, 0.29) is 11.1 Å². The lowest BCUT2D eigenvalue weighted by Gasteiger charge is -2.11. The van der Waals surface area contributed by atoms with Crippen LogP contribution in [0.25, 0.3) is 6.08 Å². The van der Waals surface area contributed by atoms with Crippen LogP contribution in [0.1, 0.15) is 5.56 Å². The Morgan fingerprint density at radius 3 is 2.41 bits per heavy atom. The number of benzene rings is 2. The Morgan fingerprint density at radius 2 is 1.73 bits per heavy atom. The second-order valence-corrected chi connectivity index (χ2v) is 6.36. The molecular weight excluding hydrogens is 341 g/mol. The molecule has 3 rings (SSSR count). The Hall–Kier alpha value is -1.75. The smallest absolute Gasteiger partial charge is 0.268 e. The summed E-state index contributed by atoms with van der Waals surface area (Å²) in [6, 6.07) is 13.8. The molecule has 1 heterocycles. The van der Waals surface area contributed by atoms with Crippen molar-refractivity contribution in [3.63, 3.8) is 0 Å². The zero-order valence-corrected chi connectivity index (χ0v) is 13.5. The summed E-state index contributed by atoms with van der Waals surface area (Å²) < 4.78 is 0. The molecule has 0 saturated carbocycles. The number of amides is 2. The van der Waals surface area contributed by atoms with Crippen molar-refractivity contribution in [2.24, 2.45) is 0 Å². The van der Waals surface area contributed by atoms with Crippen LogP contribution in [-0.4, -0.2) is 11.1 Å². The molecule has 22 heavy (non-hydrogen) atoms. The average Bonchev–Trinajstić information content (AvgIpc) is 2.77. The Kier molecular flexibility index (Phi) is 4.25. The highest BCUT2D eigenvalue weighted by Crippen LogP contribution is 2.36. The summed E-state index contributed by atoms with van der Waals surface area (Å²) in [7, 11) is 0. The Morgan fingerprint density at radius 1 is 1.00 bits per heavy atom. The molecule has 2 amide bonds. The molecule has 0 aromatic heterocycles. The summed E-state index contributed by atoms with van der Waals surface area (Å²) >= 11 is 12.8. The number of nitrogens with zero attached hydrogens (tertiary/aromatic N) is 1. The molecule has 0 radical (unpaired) electrons. The van der Waals surface area contributed by atoms with Gasteiger partial charge in [-0.15, -0.1) is 0 Å². The summed E-state index contributed by atoms with van der Waals surface area (Å²) in [5, 5.41) is 0.617. The van der Waals surface area contributed by atoms with E-state index in [1.165, 1.54) is 0 Å². The van der Waals surface area contributed by atoms with Crippen LogP contribution in [0, 0.1) is 0 Å². The number of carbonyl (C=O) groups is 2. The van der Waals surface area contributed by atoms with Crippen LogP contribution in [0.5, 0.6) is 0 Å². The second-order valence-electron chi connectivity index (χ2n) is 4.52. The monoisotopic (exact) mass is 349 g/mol. The molecule has 1 fully saturated rings. The first-order valence-electron chi connectivity index (χ1n) is 6.34. The van der Waals surface area contributed by atoms with Crippen molar-refractivity contribution in [1.29, 1.82) is 0 Å². The molecule has 2 aromatic rings. The van der Waals surface area contributed by atoms with Gasteiger partial charge >= 0.3 is 0 Å². The molecule has 1 saturated heterocycles. The number of hydrogen-bond donors (Lipinski definition) is 0. The third kappa shape index (κ3) is 2.90. The Balaban J connectivity index is 1.96. The second kappa shape index (κ2) is 6.16. The molecule has 110 valence electrons. The van der Waals surface area contributed by atoms with Crippen LogP contribution in [0.15, 0.2) is 53.4 Å². The van der Waals surface area contributed by atoms with Gasteiger partial charge in [-0.05, 0) is 47.7 Å². The van der Waals surface area contributed by atoms with Crippen molar-refractivity contribution >= 4 is 57.9 Å². The van der Waals surface area contributed by atoms with Crippen LogP contribution in [0.4, 0.5) is 10.5 Å². The number of thioether (sulfide) groups is 1. The van der Waals surface area contributed by atoms with E-state index in [4.69, 9.17) is 23.2 Å². The van der Waals surface area contributed by atoms with Crippen LogP contribution in [0.3, 0.4) is 0 Å². The van der Waals surface area contributed by atoms with Crippen molar-refractivity contribution < 1.29 is 9.59 Å². The minimum absolute atomic E-state index is 0.326. The van der Waals surface area contributed by atoms with E-state index in [9.17, 15) is 9.59 Å². The molecular formula is C16H9Cl2NO2S. The highest BCUT2D eigenvalue weighted by Gasteiger charge is 2.36. The SMILES string of the molecule is O=C1S/C(=C\c2ccc(Cl)cc2Cl)C(=O)N1c1ccccc1. The van der Waals surface area contributed by atoms with E-state index >= 15 is 0 Å². The molecule has 3 nitrogen and oxygen atoms in total. The lowest BCUT2D eigenvalue weighted by molar-refractivity contribution is -0.113. The lowest BCUT2D eigenvalue weighted by Crippen LogP contribution is -2.27. The zero-order valence-electron chi connectivity index (χ0n) is 11.1. The van der Waals surface area contributed by atoms with E-state index in [1.807, 2.05) is 6.07 Å². The van der Waals surface area contributed by atoms with E-state index in [0.29, 0.717) is 26.2 Å². The molecule has 6 heteroatoms. The van der Waals surface area contributed by atoms with E-state index in [2.05, 4.69) is 0 Å². The molecule has 1 aliphatic heterocycles. The first-order chi connectivity index (χ1) is 10.6. The quantitative estimate of drug-likeness (QED) is 0.696. The van der Waals surface area contributed by atoms with Gasteiger partial charge in [0.1, 0.15) is 0 Å². The Labute approximate surface area is 141 Å². The summed E-state index contributed by atoms with van der Waals surface area (Å²) in [6.45, 7) is 0. The third-order valence-electron chi connectivity index (χ3n) is 3.06.